The van der Waals surface area contributed by atoms with Gasteiger partial charge in [-0.2, -0.15) is 0 Å². The zero-order chi connectivity index (χ0) is 12.3. The molecule has 1 aromatic carbocycles. The molecule has 1 aromatic heterocycles. The van der Waals surface area contributed by atoms with Crippen LogP contribution in [0.5, 0.6) is 0 Å². The summed E-state index contributed by atoms with van der Waals surface area (Å²) >= 11 is 0. The summed E-state index contributed by atoms with van der Waals surface area (Å²) in [5, 5.41) is 8.01. The van der Waals surface area contributed by atoms with Gasteiger partial charge in [0.05, 0.1) is 23.0 Å². The van der Waals surface area contributed by atoms with E-state index in [1.807, 2.05) is 0 Å². The van der Waals surface area contributed by atoms with Crippen molar-refractivity contribution in [1.82, 2.24) is 9.97 Å². The highest BCUT2D eigenvalue weighted by Crippen LogP contribution is 2.17. The van der Waals surface area contributed by atoms with Crippen molar-refractivity contribution in [2.24, 2.45) is 5.14 Å². The van der Waals surface area contributed by atoms with Gasteiger partial charge in [0, 0.05) is 5.69 Å². The molecule has 7 heteroatoms. The van der Waals surface area contributed by atoms with Crippen LogP contribution in [0.4, 0.5) is 11.4 Å². The lowest BCUT2D eigenvalue weighted by atomic mass is 10.3. The number of rotatable bonds is 3. The van der Waals surface area contributed by atoms with Crippen molar-refractivity contribution in [3.63, 3.8) is 0 Å². The lowest BCUT2D eigenvalue weighted by Crippen LogP contribution is -2.12. The monoisotopic (exact) mass is 250 g/mol. The number of hydrogen-bond acceptors (Lipinski definition) is 5. The molecular formula is C10H10N4O2S. The first-order chi connectivity index (χ1) is 8.05. The Hall–Kier alpha value is -1.99. The largest absolute Gasteiger partial charge is 0.353 e. The van der Waals surface area contributed by atoms with Crippen LogP contribution in [0.2, 0.25) is 0 Å². The summed E-state index contributed by atoms with van der Waals surface area (Å²) in [4.78, 5) is 7.73. The normalized spacial score (nSPS) is 11.1. The van der Waals surface area contributed by atoms with Gasteiger partial charge in [-0.15, -0.1) is 0 Å². The van der Waals surface area contributed by atoms with E-state index in [0.29, 0.717) is 11.4 Å². The molecular weight excluding hydrogens is 240 g/mol. The molecule has 0 unspecified atom stereocenters. The number of benzene rings is 1. The molecule has 17 heavy (non-hydrogen) atoms. The number of nitrogens with zero attached hydrogens (tertiary/aromatic N) is 2. The van der Waals surface area contributed by atoms with E-state index in [2.05, 4.69) is 15.3 Å². The van der Waals surface area contributed by atoms with Gasteiger partial charge in [0.15, 0.2) is 0 Å². The van der Waals surface area contributed by atoms with Gasteiger partial charge in [-0.05, 0) is 18.2 Å². The van der Waals surface area contributed by atoms with Gasteiger partial charge in [0.1, 0.15) is 6.33 Å². The summed E-state index contributed by atoms with van der Waals surface area (Å²) in [7, 11) is -3.69. The molecule has 0 aliphatic rings. The van der Waals surface area contributed by atoms with Crippen LogP contribution < -0.4 is 10.5 Å². The second-order valence-electron chi connectivity index (χ2n) is 3.32. The van der Waals surface area contributed by atoms with E-state index >= 15 is 0 Å². The lowest BCUT2D eigenvalue weighted by molar-refractivity contribution is 0.598. The van der Waals surface area contributed by atoms with Crippen molar-refractivity contribution in [1.29, 1.82) is 0 Å². The lowest BCUT2D eigenvalue weighted by Gasteiger charge is -2.06. The number of aromatic nitrogens is 2. The van der Waals surface area contributed by atoms with Crippen LogP contribution in [0, 0.1) is 0 Å². The summed E-state index contributed by atoms with van der Waals surface area (Å²) in [6.45, 7) is 0. The van der Waals surface area contributed by atoms with Crippen molar-refractivity contribution in [2.75, 3.05) is 5.32 Å². The molecule has 3 N–H and O–H groups in total. The van der Waals surface area contributed by atoms with E-state index in [4.69, 9.17) is 5.14 Å². The third kappa shape index (κ3) is 2.99. The van der Waals surface area contributed by atoms with Gasteiger partial charge in [-0.3, -0.25) is 0 Å². The summed E-state index contributed by atoms with van der Waals surface area (Å²) < 4.78 is 22.3. The van der Waals surface area contributed by atoms with Crippen LogP contribution >= 0.6 is 0 Å². The maximum absolute atomic E-state index is 11.2. The number of nitrogens with two attached hydrogens (primary N) is 1. The number of nitrogens with one attached hydrogen (secondary N) is 1. The van der Waals surface area contributed by atoms with E-state index in [-0.39, 0.29) is 4.90 Å². The van der Waals surface area contributed by atoms with Crippen LogP contribution in [0.1, 0.15) is 0 Å². The van der Waals surface area contributed by atoms with Gasteiger partial charge in [-0.1, -0.05) is 6.07 Å². The highest BCUT2D eigenvalue weighted by molar-refractivity contribution is 7.89. The van der Waals surface area contributed by atoms with Crippen LogP contribution in [0.3, 0.4) is 0 Å². The number of sulfonamides is 1. The molecule has 0 radical (unpaired) electrons. The third-order valence-electron chi connectivity index (χ3n) is 2.01. The van der Waals surface area contributed by atoms with Crippen molar-refractivity contribution in [2.45, 2.75) is 4.90 Å². The molecule has 0 aliphatic heterocycles. The Morgan fingerprint density at radius 2 is 1.82 bits per heavy atom. The molecule has 6 nitrogen and oxygen atoms in total. The second-order valence-corrected chi connectivity index (χ2v) is 4.89. The summed E-state index contributed by atoms with van der Waals surface area (Å²) in [6.07, 6.45) is 4.57. The molecule has 0 bridgehead atoms. The van der Waals surface area contributed by atoms with Crippen molar-refractivity contribution in [3.8, 4) is 0 Å². The molecule has 0 aliphatic carbocycles. The molecule has 0 atom stereocenters. The summed E-state index contributed by atoms with van der Waals surface area (Å²) in [5.41, 5.74) is 1.27. The number of anilines is 2. The first-order valence-electron chi connectivity index (χ1n) is 4.70. The molecule has 2 rings (SSSR count). The van der Waals surface area contributed by atoms with E-state index in [0.717, 1.165) is 0 Å². The number of hydrogen-bond donors (Lipinski definition) is 2. The standard InChI is InChI=1S/C10H10N4O2S/c11-17(15,16)10-3-1-2-8(4-10)14-9-5-12-7-13-6-9/h1-7,14H,(H2,11,15,16). The Kier molecular flexibility index (Phi) is 3.03. The topological polar surface area (TPSA) is 98.0 Å². The van der Waals surface area contributed by atoms with E-state index < -0.39 is 10.0 Å². The predicted molar refractivity (Wildman–Crippen MR) is 63.1 cm³/mol. The summed E-state index contributed by atoms with van der Waals surface area (Å²) in [5.74, 6) is 0. The fraction of sp³-hybridized carbons (Fsp3) is 0. The Morgan fingerprint density at radius 1 is 1.12 bits per heavy atom. The second kappa shape index (κ2) is 4.48. The minimum atomic E-state index is -3.69. The summed E-state index contributed by atoms with van der Waals surface area (Å²) in [6, 6.07) is 6.21. The fourth-order valence-electron chi connectivity index (χ4n) is 1.28. The molecule has 0 fully saturated rings. The molecule has 0 spiro atoms. The van der Waals surface area contributed by atoms with Gasteiger partial charge in [0.2, 0.25) is 10.0 Å². The van der Waals surface area contributed by atoms with Crippen LogP contribution in [-0.4, -0.2) is 18.4 Å². The van der Waals surface area contributed by atoms with Crippen molar-refractivity contribution in [3.05, 3.63) is 43.0 Å². The van der Waals surface area contributed by atoms with Gasteiger partial charge < -0.3 is 5.32 Å². The highest BCUT2D eigenvalue weighted by Gasteiger charge is 2.07. The van der Waals surface area contributed by atoms with Crippen LogP contribution in [0.25, 0.3) is 0 Å². The molecule has 2 aromatic rings. The quantitative estimate of drug-likeness (QED) is 0.842. The number of primary sulfonamides is 1. The SMILES string of the molecule is NS(=O)(=O)c1cccc(Nc2cncnc2)c1. The zero-order valence-electron chi connectivity index (χ0n) is 8.74. The van der Waals surface area contributed by atoms with Gasteiger partial charge >= 0.3 is 0 Å². The van der Waals surface area contributed by atoms with Gasteiger partial charge in [-0.25, -0.2) is 23.5 Å². The minimum Gasteiger partial charge on any atom is -0.353 e. The average Bonchev–Trinajstić information content (AvgIpc) is 2.29. The Balaban J connectivity index is 2.29. The van der Waals surface area contributed by atoms with Crippen molar-refractivity contribution < 1.29 is 8.42 Å². The smallest absolute Gasteiger partial charge is 0.238 e. The Bertz CT molecular complexity index is 613. The van der Waals surface area contributed by atoms with E-state index in [1.165, 1.54) is 18.5 Å². The molecule has 88 valence electrons. The van der Waals surface area contributed by atoms with Gasteiger partial charge in [0.25, 0.3) is 0 Å². The first-order valence-corrected chi connectivity index (χ1v) is 6.25. The van der Waals surface area contributed by atoms with E-state index in [1.54, 1.807) is 24.5 Å². The Labute approximate surface area is 98.6 Å². The van der Waals surface area contributed by atoms with Crippen molar-refractivity contribution >= 4 is 21.4 Å². The molecule has 0 amide bonds. The maximum atomic E-state index is 11.2. The third-order valence-corrected chi connectivity index (χ3v) is 2.92. The van der Waals surface area contributed by atoms with Crippen LogP contribution in [-0.2, 0) is 10.0 Å². The van der Waals surface area contributed by atoms with Crippen LogP contribution in [0.15, 0.2) is 47.9 Å². The first kappa shape index (κ1) is 11.5. The fourth-order valence-corrected chi connectivity index (χ4v) is 1.84. The maximum Gasteiger partial charge on any atom is 0.238 e. The molecule has 1 heterocycles. The molecule has 0 saturated heterocycles. The Morgan fingerprint density at radius 3 is 2.47 bits per heavy atom. The zero-order valence-corrected chi connectivity index (χ0v) is 9.55. The highest BCUT2D eigenvalue weighted by atomic mass is 32.2. The average molecular weight is 250 g/mol. The molecule has 0 saturated carbocycles. The van der Waals surface area contributed by atoms with E-state index in [9.17, 15) is 8.42 Å². The predicted octanol–water partition coefficient (Wildman–Crippen LogP) is 0.868. The minimum absolute atomic E-state index is 0.0550.